The molecule has 6 heteroatoms. The molecule has 1 amide bonds. The second-order valence-electron chi connectivity index (χ2n) is 5.64. The lowest BCUT2D eigenvalue weighted by molar-refractivity contribution is 0.167. The van der Waals surface area contributed by atoms with Gasteiger partial charge in [-0.05, 0) is 42.0 Å². The molecule has 3 aromatic rings. The number of aromatic nitrogens is 1. The predicted octanol–water partition coefficient (Wildman–Crippen LogP) is 4.53. The van der Waals surface area contributed by atoms with Crippen molar-refractivity contribution in [2.75, 3.05) is 12.4 Å². The van der Waals surface area contributed by atoms with E-state index >= 15 is 0 Å². The second kappa shape index (κ2) is 9.15. The fraction of sp³-hybridized carbons (Fsp3) is 0.0952. The van der Waals surface area contributed by atoms with Crippen LogP contribution in [-0.2, 0) is 11.3 Å². The summed E-state index contributed by atoms with van der Waals surface area (Å²) in [6.45, 7) is 0. The van der Waals surface area contributed by atoms with Gasteiger partial charge in [0.25, 0.3) is 0 Å². The van der Waals surface area contributed by atoms with Crippen LogP contribution < -0.4 is 10.1 Å². The number of benzene rings is 2. The third kappa shape index (κ3) is 5.40. The largest absolute Gasteiger partial charge is 0.497 e. The molecule has 0 aliphatic rings. The number of pyridine rings is 1. The van der Waals surface area contributed by atoms with E-state index in [0.29, 0.717) is 17.9 Å². The van der Waals surface area contributed by atoms with Crippen LogP contribution in [0.2, 0.25) is 0 Å². The summed E-state index contributed by atoms with van der Waals surface area (Å²) in [5, 5.41) is 6.28. The van der Waals surface area contributed by atoms with Gasteiger partial charge in [-0.2, -0.15) is 0 Å². The first kappa shape index (κ1) is 18.1. The van der Waals surface area contributed by atoms with Crippen molar-refractivity contribution in [3.05, 3.63) is 78.5 Å². The van der Waals surface area contributed by atoms with Gasteiger partial charge in [0.05, 0.1) is 12.8 Å². The van der Waals surface area contributed by atoms with Gasteiger partial charge in [0.2, 0.25) is 0 Å². The zero-order valence-electron chi connectivity index (χ0n) is 14.8. The Balaban J connectivity index is 1.46. The molecule has 0 saturated heterocycles. The molecule has 1 N–H and O–H groups in total. The fourth-order valence-electron chi connectivity index (χ4n) is 2.39. The number of carbonyl (C=O) groups is 1. The minimum absolute atomic E-state index is 0.554. The molecule has 0 unspecified atom stereocenters. The lowest BCUT2D eigenvalue weighted by atomic mass is 10.1. The Morgan fingerprint density at radius 2 is 1.85 bits per heavy atom. The van der Waals surface area contributed by atoms with Gasteiger partial charge < -0.3 is 4.74 Å². The molecule has 0 aliphatic heterocycles. The Hall–Kier alpha value is -3.67. The number of anilines is 1. The van der Waals surface area contributed by atoms with Gasteiger partial charge in [0, 0.05) is 30.1 Å². The smallest absolute Gasteiger partial charge is 0.437 e. The summed E-state index contributed by atoms with van der Waals surface area (Å²) in [5.74, 6) is 0.709. The maximum absolute atomic E-state index is 11.7. The van der Waals surface area contributed by atoms with Crippen LogP contribution in [0.15, 0.2) is 78.1 Å². The Morgan fingerprint density at radius 1 is 1.07 bits per heavy atom. The van der Waals surface area contributed by atoms with Gasteiger partial charge in [-0.25, -0.2) is 4.79 Å². The number of carbonyl (C=O) groups excluding carboxylic acids is 1. The zero-order chi connectivity index (χ0) is 18.9. The van der Waals surface area contributed by atoms with Crippen LogP contribution in [0.5, 0.6) is 5.75 Å². The van der Waals surface area contributed by atoms with E-state index in [4.69, 9.17) is 9.57 Å². The molecule has 0 saturated carbocycles. The van der Waals surface area contributed by atoms with Crippen molar-refractivity contribution in [2.45, 2.75) is 6.42 Å². The summed E-state index contributed by atoms with van der Waals surface area (Å²) in [4.78, 5) is 20.8. The van der Waals surface area contributed by atoms with E-state index in [1.165, 1.54) is 0 Å². The van der Waals surface area contributed by atoms with Gasteiger partial charge in [0.15, 0.2) is 0 Å². The van der Waals surface area contributed by atoms with E-state index in [1.807, 2.05) is 42.5 Å². The molecular weight excluding hydrogens is 342 g/mol. The summed E-state index contributed by atoms with van der Waals surface area (Å²) in [6, 6.07) is 20.7. The molecule has 1 aromatic heterocycles. The van der Waals surface area contributed by atoms with Crippen molar-refractivity contribution in [3.8, 4) is 17.0 Å². The highest BCUT2D eigenvalue weighted by Crippen LogP contribution is 2.17. The average molecular weight is 361 g/mol. The molecule has 2 aromatic carbocycles. The molecule has 3 rings (SSSR count). The van der Waals surface area contributed by atoms with E-state index in [9.17, 15) is 4.79 Å². The Bertz CT molecular complexity index is 892. The van der Waals surface area contributed by atoms with Gasteiger partial charge in [-0.3, -0.25) is 15.1 Å². The number of nitrogens with one attached hydrogen (secondary N) is 1. The van der Waals surface area contributed by atoms with Crippen molar-refractivity contribution < 1.29 is 14.4 Å². The third-order valence-corrected chi connectivity index (χ3v) is 3.79. The van der Waals surface area contributed by atoms with E-state index in [1.54, 1.807) is 43.8 Å². The summed E-state index contributed by atoms with van der Waals surface area (Å²) in [5.41, 5.74) is 3.63. The highest BCUT2D eigenvalue weighted by molar-refractivity contribution is 5.84. The second-order valence-corrected chi connectivity index (χ2v) is 5.64. The number of amides is 1. The first-order chi connectivity index (χ1) is 13.2. The molecule has 0 fully saturated rings. The topological polar surface area (TPSA) is 72.8 Å². The van der Waals surface area contributed by atoms with Gasteiger partial charge >= 0.3 is 6.09 Å². The number of rotatable bonds is 6. The molecule has 0 bridgehead atoms. The highest BCUT2D eigenvalue weighted by atomic mass is 16.7. The van der Waals surface area contributed by atoms with Crippen LogP contribution in [0.1, 0.15) is 5.56 Å². The molecule has 0 radical (unpaired) electrons. The van der Waals surface area contributed by atoms with Gasteiger partial charge in [-0.15, -0.1) is 0 Å². The lowest BCUT2D eigenvalue weighted by Gasteiger charge is -2.04. The average Bonchev–Trinajstić information content (AvgIpc) is 2.73. The van der Waals surface area contributed by atoms with Crippen LogP contribution in [0.25, 0.3) is 11.3 Å². The van der Waals surface area contributed by atoms with Crippen LogP contribution >= 0.6 is 0 Å². The van der Waals surface area contributed by atoms with Crippen LogP contribution in [0.4, 0.5) is 10.5 Å². The highest BCUT2D eigenvalue weighted by Gasteiger charge is 2.03. The first-order valence-corrected chi connectivity index (χ1v) is 8.39. The maximum atomic E-state index is 11.7. The number of ether oxygens (including phenoxy) is 1. The maximum Gasteiger partial charge on any atom is 0.437 e. The number of oxime groups is 1. The monoisotopic (exact) mass is 361 g/mol. The number of hydrogen-bond donors (Lipinski definition) is 1. The predicted molar refractivity (Wildman–Crippen MR) is 105 cm³/mol. The Kier molecular flexibility index (Phi) is 6.14. The fourth-order valence-corrected chi connectivity index (χ4v) is 2.39. The molecule has 0 spiro atoms. The number of methoxy groups -OCH3 is 1. The van der Waals surface area contributed by atoms with Gasteiger partial charge in [-0.1, -0.05) is 35.5 Å². The third-order valence-electron chi connectivity index (χ3n) is 3.79. The molecule has 0 atom stereocenters. The molecule has 136 valence electrons. The zero-order valence-corrected chi connectivity index (χ0v) is 14.8. The number of nitrogens with zero attached hydrogens (tertiary/aromatic N) is 2. The van der Waals surface area contributed by atoms with E-state index in [2.05, 4.69) is 15.5 Å². The summed E-state index contributed by atoms with van der Waals surface area (Å²) in [6.07, 6.45) is 3.22. The van der Waals surface area contributed by atoms with Crippen LogP contribution in [0, 0.1) is 0 Å². The SMILES string of the molecule is COc1ccc(NC(=O)ON=CCc2ccc(-c3ccccn3)cc2)cc1. The van der Waals surface area contributed by atoms with E-state index < -0.39 is 6.09 Å². The lowest BCUT2D eigenvalue weighted by Crippen LogP contribution is -2.10. The van der Waals surface area contributed by atoms with Crippen LogP contribution in [0.3, 0.4) is 0 Å². The molecule has 0 aliphatic carbocycles. The van der Waals surface area contributed by atoms with Crippen LogP contribution in [-0.4, -0.2) is 24.4 Å². The molecule has 6 nitrogen and oxygen atoms in total. The summed E-state index contributed by atoms with van der Waals surface area (Å²) < 4.78 is 5.06. The summed E-state index contributed by atoms with van der Waals surface area (Å²) >= 11 is 0. The minimum Gasteiger partial charge on any atom is -0.497 e. The standard InChI is InChI=1S/C21H19N3O3/c1-26-19-11-9-18(10-12-19)24-21(25)27-23-15-13-16-5-7-17(8-6-16)20-4-2-3-14-22-20/h2-12,14-15H,13H2,1H3,(H,24,25). The minimum atomic E-state index is -0.651. The van der Waals surface area contributed by atoms with E-state index in [-0.39, 0.29) is 0 Å². The van der Waals surface area contributed by atoms with Crippen molar-refractivity contribution in [1.29, 1.82) is 0 Å². The normalized spacial score (nSPS) is 10.6. The van der Waals surface area contributed by atoms with E-state index in [0.717, 1.165) is 16.8 Å². The first-order valence-electron chi connectivity index (χ1n) is 8.39. The van der Waals surface area contributed by atoms with Crippen molar-refractivity contribution in [3.63, 3.8) is 0 Å². The Labute approximate surface area is 157 Å². The van der Waals surface area contributed by atoms with Gasteiger partial charge in [0.1, 0.15) is 5.75 Å². The Morgan fingerprint density at radius 3 is 2.52 bits per heavy atom. The molecule has 1 heterocycles. The van der Waals surface area contributed by atoms with Crippen molar-refractivity contribution in [1.82, 2.24) is 4.98 Å². The molecule has 27 heavy (non-hydrogen) atoms. The van der Waals surface area contributed by atoms with Crippen molar-refractivity contribution >= 4 is 18.0 Å². The summed E-state index contributed by atoms with van der Waals surface area (Å²) in [7, 11) is 1.58. The molecular formula is C21H19N3O3. The number of hydrogen-bond acceptors (Lipinski definition) is 5. The quantitative estimate of drug-likeness (QED) is 0.398. The van der Waals surface area contributed by atoms with Crippen molar-refractivity contribution in [2.24, 2.45) is 5.16 Å².